The first-order chi connectivity index (χ1) is 9.81. The predicted octanol–water partition coefficient (Wildman–Crippen LogP) is 5.18. The van der Waals surface area contributed by atoms with Crippen LogP contribution in [0.4, 0.5) is 0 Å². The molecule has 0 aliphatic heterocycles. The smallest absolute Gasteiger partial charge is 0.192 e. The summed E-state index contributed by atoms with van der Waals surface area (Å²) in [5, 5.41) is 13.9. The van der Waals surface area contributed by atoms with Crippen molar-refractivity contribution in [3.8, 4) is 0 Å². The van der Waals surface area contributed by atoms with Crippen LogP contribution >= 0.6 is 0 Å². The van der Waals surface area contributed by atoms with Crippen molar-refractivity contribution in [2.75, 3.05) is 6.61 Å². The Morgan fingerprint density at radius 1 is 1.32 bits per heavy atom. The number of hydrogen-bond donors (Lipinski definition) is 1. The monoisotopic (exact) mass is 327 g/mol. The summed E-state index contributed by atoms with van der Waals surface area (Å²) in [7, 11) is -1.71. The molecular weight excluding hydrogens is 294 g/mol. The van der Waals surface area contributed by atoms with Gasteiger partial charge in [0.1, 0.15) is 0 Å². The Hall–Kier alpha value is -0.813. The first-order valence-electron chi connectivity index (χ1n) is 7.87. The van der Waals surface area contributed by atoms with Crippen LogP contribution in [0.2, 0.25) is 18.1 Å². The number of allylic oxidation sites excluding steroid dienone is 1. The molecule has 0 rings (SSSR count). The molecule has 5 nitrogen and oxygen atoms in total. The van der Waals surface area contributed by atoms with Gasteiger partial charge in [-0.3, -0.25) is 0 Å². The summed E-state index contributed by atoms with van der Waals surface area (Å²) in [6.45, 7) is 17.2. The Kier molecular flexibility index (Phi) is 7.85. The SMILES string of the molecule is C/C(=C\CO[Si](C)(C)C(C)(C)C)CCC(N=[N+]=[N-])C(C)(C)O. The molecule has 0 saturated heterocycles. The standard InChI is InChI=1S/C16H33N3O2Si/c1-13(9-10-14(18-19-17)16(5,6)20)11-12-21-22(7,8)15(2,3)4/h11,14,20H,9-10,12H2,1-8H3/b13-11+. The van der Waals surface area contributed by atoms with Gasteiger partial charge in [0, 0.05) is 4.91 Å². The minimum absolute atomic E-state index is 0.211. The van der Waals surface area contributed by atoms with Crippen molar-refractivity contribution in [2.45, 2.75) is 84.2 Å². The summed E-state index contributed by atoms with van der Waals surface area (Å²) in [6.07, 6.45) is 3.52. The number of aliphatic hydroxyl groups is 1. The maximum atomic E-state index is 9.99. The first-order valence-corrected chi connectivity index (χ1v) is 10.8. The van der Waals surface area contributed by atoms with E-state index in [-0.39, 0.29) is 5.04 Å². The van der Waals surface area contributed by atoms with E-state index in [1.807, 2.05) is 6.92 Å². The molecule has 0 amide bonds. The zero-order chi connectivity index (χ0) is 17.6. The molecule has 0 fully saturated rings. The lowest BCUT2D eigenvalue weighted by molar-refractivity contribution is 0.0494. The summed E-state index contributed by atoms with van der Waals surface area (Å²) in [5.74, 6) is 0. The van der Waals surface area contributed by atoms with E-state index in [1.165, 1.54) is 5.57 Å². The van der Waals surface area contributed by atoms with Crippen LogP contribution in [0.25, 0.3) is 10.4 Å². The van der Waals surface area contributed by atoms with E-state index in [4.69, 9.17) is 9.96 Å². The van der Waals surface area contributed by atoms with Crippen LogP contribution in [0.15, 0.2) is 16.8 Å². The van der Waals surface area contributed by atoms with E-state index in [2.05, 4.69) is 50.0 Å². The highest BCUT2D eigenvalue weighted by Crippen LogP contribution is 2.36. The third kappa shape index (κ3) is 7.45. The van der Waals surface area contributed by atoms with Gasteiger partial charge in [0.2, 0.25) is 0 Å². The average Bonchev–Trinajstić information content (AvgIpc) is 2.31. The fourth-order valence-electron chi connectivity index (χ4n) is 1.69. The molecule has 0 aliphatic carbocycles. The van der Waals surface area contributed by atoms with E-state index in [9.17, 15) is 5.11 Å². The van der Waals surface area contributed by atoms with Crippen LogP contribution in [-0.2, 0) is 4.43 Å². The maximum Gasteiger partial charge on any atom is 0.192 e. The van der Waals surface area contributed by atoms with Crippen LogP contribution < -0.4 is 0 Å². The van der Waals surface area contributed by atoms with Crippen molar-refractivity contribution in [1.29, 1.82) is 0 Å². The van der Waals surface area contributed by atoms with Gasteiger partial charge in [0.05, 0.1) is 18.2 Å². The Morgan fingerprint density at radius 2 is 1.86 bits per heavy atom. The summed E-state index contributed by atoms with van der Waals surface area (Å²) in [4.78, 5) is 2.83. The van der Waals surface area contributed by atoms with E-state index >= 15 is 0 Å². The number of hydrogen-bond acceptors (Lipinski definition) is 3. The topological polar surface area (TPSA) is 78.2 Å². The van der Waals surface area contributed by atoms with Crippen LogP contribution in [0, 0.1) is 0 Å². The number of rotatable bonds is 8. The van der Waals surface area contributed by atoms with Gasteiger partial charge in [0.15, 0.2) is 8.32 Å². The van der Waals surface area contributed by atoms with Crippen LogP contribution in [0.3, 0.4) is 0 Å². The van der Waals surface area contributed by atoms with Gasteiger partial charge in [-0.25, -0.2) is 0 Å². The molecule has 0 aliphatic rings. The number of azide groups is 1. The third-order valence-electron chi connectivity index (χ3n) is 4.50. The van der Waals surface area contributed by atoms with Crippen LogP contribution in [0.5, 0.6) is 0 Å². The summed E-state index contributed by atoms with van der Waals surface area (Å²) in [6, 6.07) is -0.415. The Morgan fingerprint density at radius 3 is 2.27 bits per heavy atom. The highest BCUT2D eigenvalue weighted by atomic mass is 28.4. The van der Waals surface area contributed by atoms with E-state index in [0.717, 1.165) is 6.42 Å². The van der Waals surface area contributed by atoms with Gasteiger partial charge in [0.25, 0.3) is 0 Å². The van der Waals surface area contributed by atoms with Crippen molar-refractivity contribution in [3.63, 3.8) is 0 Å². The van der Waals surface area contributed by atoms with Crippen molar-refractivity contribution in [1.82, 2.24) is 0 Å². The normalized spacial score (nSPS) is 15.4. The van der Waals surface area contributed by atoms with Gasteiger partial charge in [-0.15, -0.1) is 0 Å². The van der Waals surface area contributed by atoms with E-state index in [0.29, 0.717) is 13.0 Å². The second-order valence-corrected chi connectivity index (χ2v) is 12.8. The Bertz CT molecular complexity index is 428. The molecule has 0 aromatic heterocycles. The molecular formula is C16H33N3O2Si. The lowest BCUT2D eigenvalue weighted by atomic mass is 9.94. The van der Waals surface area contributed by atoms with E-state index in [1.54, 1.807) is 13.8 Å². The van der Waals surface area contributed by atoms with Gasteiger partial charge in [-0.05, 0) is 57.3 Å². The van der Waals surface area contributed by atoms with Crippen molar-refractivity contribution >= 4 is 8.32 Å². The zero-order valence-electron chi connectivity index (χ0n) is 15.5. The van der Waals surface area contributed by atoms with Gasteiger partial charge in [-0.2, -0.15) is 0 Å². The Balaban J connectivity index is 4.50. The molecule has 1 N–H and O–H groups in total. The minimum atomic E-state index is -1.71. The van der Waals surface area contributed by atoms with Crippen LogP contribution in [-0.4, -0.2) is 31.7 Å². The summed E-state index contributed by atoms with van der Waals surface area (Å²) in [5.41, 5.74) is 8.79. The predicted molar refractivity (Wildman–Crippen MR) is 95.4 cm³/mol. The van der Waals surface area contributed by atoms with Gasteiger partial charge < -0.3 is 9.53 Å². The van der Waals surface area contributed by atoms with Crippen LogP contribution in [0.1, 0.15) is 54.4 Å². The first kappa shape index (κ1) is 21.2. The molecule has 0 bridgehead atoms. The third-order valence-corrected chi connectivity index (χ3v) is 9.00. The molecule has 0 spiro atoms. The fraction of sp³-hybridized carbons (Fsp3) is 0.875. The molecule has 0 aromatic carbocycles. The summed E-state index contributed by atoms with van der Waals surface area (Å²) < 4.78 is 6.12. The van der Waals surface area contributed by atoms with Crippen molar-refractivity contribution in [3.05, 3.63) is 22.1 Å². The molecule has 1 unspecified atom stereocenters. The molecule has 128 valence electrons. The highest BCUT2D eigenvalue weighted by Gasteiger charge is 2.36. The second-order valence-electron chi connectivity index (χ2n) is 8.03. The minimum Gasteiger partial charge on any atom is -0.413 e. The van der Waals surface area contributed by atoms with Gasteiger partial charge in [-0.1, -0.05) is 37.5 Å². The molecule has 22 heavy (non-hydrogen) atoms. The molecule has 0 heterocycles. The molecule has 0 radical (unpaired) electrons. The van der Waals surface area contributed by atoms with Crippen molar-refractivity contribution in [2.24, 2.45) is 5.11 Å². The lowest BCUT2D eigenvalue weighted by Gasteiger charge is -2.35. The van der Waals surface area contributed by atoms with Gasteiger partial charge >= 0.3 is 0 Å². The van der Waals surface area contributed by atoms with Crippen molar-refractivity contribution < 1.29 is 9.53 Å². The second kappa shape index (κ2) is 8.16. The quantitative estimate of drug-likeness (QED) is 0.219. The molecule has 1 atom stereocenters. The molecule has 0 aromatic rings. The lowest BCUT2D eigenvalue weighted by Crippen LogP contribution is -2.40. The highest BCUT2D eigenvalue weighted by molar-refractivity contribution is 6.74. The van der Waals surface area contributed by atoms with E-state index < -0.39 is 20.0 Å². The average molecular weight is 328 g/mol. The Labute approximate surface area is 136 Å². The fourth-order valence-corrected chi connectivity index (χ4v) is 2.62. The zero-order valence-corrected chi connectivity index (χ0v) is 16.5. The molecule has 6 heteroatoms. The maximum absolute atomic E-state index is 9.99. The number of nitrogens with zero attached hydrogens (tertiary/aromatic N) is 3. The summed E-state index contributed by atoms with van der Waals surface area (Å²) >= 11 is 0. The molecule has 0 saturated carbocycles. The largest absolute Gasteiger partial charge is 0.413 e.